The first-order valence-electron chi connectivity index (χ1n) is 6.67. The van der Waals surface area contributed by atoms with E-state index in [1.807, 2.05) is 57.3 Å². The molecule has 106 valence electrons. The van der Waals surface area contributed by atoms with Crippen LogP contribution in [0, 0.1) is 38.0 Å². The van der Waals surface area contributed by atoms with Gasteiger partial charge in [-0.1, -0.05) is 26.0 Å². The molecule has 0 N–H and O–H groups in total. The average Bonchev–Trinajstić information content (AvgIpc) is 3.01. The molecule has 3 aromatic heterocycles. The molecular formula is C16H17N4U-. The van der Waals surface area contributed by atoms with Gasteiger partial charge in [-0.25, -0.2) is 0 Å². The number of hydrogen-bond donors (Lipinski definition) is 0. The zero-order valence-electron chi connectivity index (χ0n) is 12.4. The largest absolute Gasteiger partial charge is 0.574 e. The van der Waals surface area contributed by atoms with Crippen LogP contribution in [0.15, 0.2) is 48.9 Å². The Morgan fingerprint density at radius 1 is 1.00 bits per heavy atom. The Hall–Kier alpha value is -1.44. The minimum atomic E-state index is 0. The molecule has 0 aliphatic heterocycles. The average molecular weight is 503 g/mol. The molecular weight excluding hydrogens is 486 g/mol. The minimum absolute atomic E-state index is 0. The third kappa shape index (κ3) is 4.52. The quantitative estimate of drug-likeness (QED) is 0.538. The first kappa shape index (κ1) is 17.6. The van der Waals surface area contributed by atoms with E-state index in [9.17, 15) is 0 Å². The summed E-state index contributed by atoms with van der Waals surface area (Å²) in [5, 5.41) is 8.31. The van der Waals surface area contributed by atoms with Crippen LogP contribution < -0.4 is 5.10 Å². The van der Waals surface area contributed by atoms with Gasteiger partial charge >= 0.3 is 0 Å². The van der Waals surface area contributed by atoms with Crippen molar-refractivity contribution in [1.29, 1.82) is 0 Å². The van der Waals surface area contributed by atoms with Crippen LogP contribution in [0.25, 0.3) is 22.6 Å². The summed E-state index contributed by atoms with van der Waals surface area (Å²) in [5.74, 6) is 0. The first-order chi connectivity index (χ1) is 9.83. The molecule has 21 heavy (non-hydrogen) atoms. The van der Waals surface area contributed by atoms with Crippen LogP contribution in [0.2, 0.25) is 0 Å². The van der Waals surface area contributed by atoms with Gasteiger partial charge in [0, 0.05) is 49.7 Å². The van der Waals surface area contributed by atoms with Crippen molar-refractivity contribution in [2.75, 3.05) is 0 Å². The smallest absolute Gasteiger partial charge is 0.0868 e. The summed E-state index contributed by atoms with van der Waals surface area (Å²) in [5.41, 5.74) is 4.53. The first-order valence-corrected chi connectivity index (χ1v) is 6.67. The van der Waals surface area contributed by atoms with E-state index in [2.05, 4.69) is 20.2 Å². The van der Waals surface area contributed by atoms with Gasteiger partial charge in [0.2, 0.25) is 0 Å². The number of pyridine rings is 2. The molecule has 3 rings (SSSR count). The van der Waals surface area contributed by atoms with Crippen LogP contribution in [-0.4, -0.2) is 15.1 Å². The standard InChI is InChI=1S/C14H11N4.C2H6.U/c1-10-4-5-12(16-8-10)14-7-13(17-18-14)11-3-2-6-15-9-11;1-2;/h2-9H,1H3;1-2H3;/q-1;;. The summed E-state index contributed by atoms with van der Waals surface area (Å²) in [7, 11) is 0. The fourth-order valence-electron chi connectivity index (χ4n) is 1.69. The molecule has 0 spiro atoms. The fraction of sp³-hybridized carbons (Fsp3) is 0.188. The number of rotatable bonds is 2. The van der Waals surface area contributed by atoms with E-state index < -0.39 is 0 Å². The van der Waals surface area contributed by atoms with Gasteiger partial charge in [-0.05, 0) is 36.2 Å². The second-order valence-corrected chi connectivity index (χ2v) is 4.08. The third-order valence-corrected chi connectivity index (χ3v) is 2.67. The van der Waals surface area contributed by atoms with Crippen molar-refractivity contribution >= 4 is 0 Å². The molecule has 0 atom stereocenters. The summed E-state index contributed by atoms with van der Waals surface area (Å²) >= 11 is 0. The van der Waals surface area contributed by atoms with Gasteiger partial charge in [0.1, 0.15) is 0 Å². The number of nitrogens with zero attached hydrogens (tertiary/aromatic N) is 4. The molecule has 3 aromatic rings. The van der Waals surface area contributed by atoms with Crippen LogP contribution in [0.3, 0.4) is 0 Å². The molecule has 4 nitrogen and oxygen atoms in total. The Bertz CT molecular complexity index is 648. The summed E-state index contributed by atoms with van der Waals surface area (Å²) in [4.78, 5) is 8.41. The SMILES string of the molecule is CC.Cc1ccc(-c2cc(-c3cccnc3)[n-]n2)nc1.[U]. The molecule has 0 bridgehead atoms. The second kappa shape index (κ2) is 8.76. The topological polar surface area (TPSA) is 52.8 Å². The summed E-state index contributed by atoms with van der Waals surface area (Å²) in [6.07, 6.45) is 5.34. The normalized spacial score (nSPS) is 9.29. The Balaban J connectivity index is 0.000000706. The molecule has 0 fully saturated rings. The van der Waals surface area contributed by atoms with Gasteiger partial charge in [0.15, 0.2) is 0 Å². The molecule has 0 aliphatic rings. The van der Waals surface area contributed by atoms with E-state index in [4.69, 9.17) is 0 Å². The molecule has 0 saturated carbocycles. The maximum Gasteiger partial charge on any atom is 0.0868 e. The molecule has 0 unspecified atom stereocenters. The van der Waals surface area contributed by atoms with Crippen LogP contribution in [-0.2, 0) is 0 Å². The molecule has 0 aromatic carbocycles. The molecule has 0 aliphatic carbocycles. The van der Waals surface area contributed by atoms with E-state index in [0.29, 0.717) is 0 Å². The van der Waals surface area contributed by atoms with Crippen LogP contribution >= 0.6 is 0 Å². The number of aromatic nitrogens is 4. The summed E-state index contributed by atoms with van der Waals surface area (Å²) in [6, 6.07) is 9.74. The molecule has 0 saturated heterocycles. The monoisotopic (exact) mass is 503 g/mol. The third-order valence-electron chi connectivity index (χ3n) is 2.67. The van der Waals surface area contributed by atoms with Gasteiger partial charge in [-0.2, -0.15) is 0 Å². The van der Waals surface area contributed by atoms with Gasteiger partial charge in [0.25, 0.3) is 0 Å². The maximum absolute atomic E-state index is 4.34. The van der Waals surface area contributed by atoms with Crippen molar-refractivity contribution in [3.8, 4) is 22.6 Å². The minimum Gasteiger partial charge on any atom is -0.574 e. The summed E-state index contributed by atoms with van der Waals surface area (Å²) < 4.78 is 0. The van der Waals surface area contributed by atoms with Gasteiger partial charge in [-0.15, -0.1) is 5.69 Å². The molecule has 0 amide bonds. The molecule has 0 radical (unpaired) electrons. The molecule has 3 heterocycles. The Morgan fingerprint density at radius 2 is 1.81 bits per heavy atom. The number of aryl methyl sites for hydroxylation is 1. The number of hydrogen-bond acceptors (Lipinski definition) is 3. The predicted octanol–water partition coefficient (Wildman–Crippen LogP) is 3.50. The van der Waals surface area contributed by atoms with Crippen LogP contribution in [0.1, 0.15) is 19.4 Å². The van der Waals surface area contributed by atoms with Crippen molar-refractivity contribution in [2.45, 2.75) is 20.8 Å². The zero-order chi connectivity index (χ0) is 14.4. The Morgan fingerprint density at radius 3 is 2.43 bits per heavy atom. The van der Waals surface area contributed by atoms with E-state index in [0.717, 1.165) is 28.2 Å². The summed E-state index contributed by atoms with van der Waals surface area (Å²) in [6.45, 7) is 6.01. The van der Waals surface area contributed by atoms with Crippen molar-refractivity contribution in [3.63, 3.8) is 0 Å². The van der Waals surface area contributed by atoms with Crippen molar-refractivity contribution < 1.29 is 31.1 Å². The van der Waals surface area contributed by atoms with Gasteiger partial charge in [0.05, 0.1) is 11.4 Å². The van der Waals surface area contributed by atoms with E-state index >= 15 is 0 Å². The Kier molecular flexibility index (Phi) is 7.35. The Labute approximate surface area is 148 Å². The van der Waals surface area contributed by atoms with E-state index in [1.54, 1.807) is 12.4 Å². The predicted molar refractivity (Wildman–Crippen MR) is 80.1 cm³/mol. The van der Waals surface area contributed by atoms with Gasteiger partial charge in [-0.3, -0.25) is 9.97 Å². The second-order valence-electron chi connectivity index (χ2n) is 4.08. The van der Waals surface area contributed by atoms with Crippen LogP contribution in [0.4, 0.5) is 0 Å². The zero-order valence-corrected chi connectivity index (χ0v) is 16.6. The van der Waals surface area contributed by atoms with E-state index in [1.165, 1.54) is 0 Å². The van der Waals surface area contributed by atoms with Crippen molar-refractivity contribution in [1.82, 2.24) is 20.2 Å². The van der Waals surface area contributed by atoms with Crippen LogP contribution in [0.5, 0.6) is 0 Å². The van der Waals surface area contributed by atoms with Crippen molar-refractivity contribution in [2.24, 2.45) is 0 Å². The van der Waals surface area contributed by atoms with Gasteiger partial charge < -0.3 is 10.2 Å². The molecule has 5 heteroatoms. The van der Waals surface area contributed by atoms with E-state index in [-0.39, 0.29) is 31.1 Å². The fourth-order valence-corrected chi connectivity index (χ4v) is 1.69. The van der Waals surface area contributed by atoms with Crippen molar-refractivity contribution in [3.05, 3.63) is 54.5 Å². The maximum atomic E-state index is 4.34.